The Bertz CT molecular complexity index is 668. The van der Waals surface area contributed by atoms with Crippen LogP contribution < -0.4 is 5.32 Å². The second-order valence-electron chi connectivity index (χ2n) is 6.39. The van der Waals surface area contributed by atoms with Gasteiger partial charge >= 0.3 is 0 Å². The zero-order valence-corrected chi connectivity index (χ0v) is 14.1. The van der Waals surface area contributed by atoms with Crippen LogP contribution in [0.1, 0.15) is 29.6 Å². The van der Waals surface area contributed by atoms with Gasteiger partial charge in [0, 0.05) is 29.9 Å². The van der Waals surface area contributed by atoms with Crippen molar-refractivity contribution in [1.82, 2.24) is 10.2 Å². The number of halogens is 1. The summed E-state index contributed by atoms with van der Waals surface area (Å²) in [4.78, 5) is 14.7. The number of hydrogen-bond donors (Lipinski definition) is 1. The maximum atomic E-state index is 12.7. The first-order valence-electron chi connectivity index (χ1n) is 7.73. The molecule has 4 rings (SSSR count). The fourth-order valence-corrected chi connectivity index (χ4v) is 4.46. The largest absolute Gasteiger partial charge is 0.339 e. The third kappa shape index (κ3) is 2.75. The molecule has 0 bridgehead atoms. The van der Waals surface area contributed by atoms with Crippen molar-refractivity contribution in [2.24, 2.45) is 5.41 Å². The number of benzene rings is 1. The van der Waals surface area contributed by atoms with E-state index in [2.05, 4.69) is 22.8 Å². The molecule has 0 unspecified atom stereocenters. The van der Waals surface area contributed by atoms with Gasteiger partial charge in [-0.3, -0.25) is 4.79 Å². The first kappa shape index (κ1) is 15.8. The maximum Gasteiger partial charge on any atom is 0.253 e. The summed E-state index contributed by atoms with van der Waals surface area (Å²) in [5.41, 5.74) is 1.30. The minimum Gasteiger partial charge on any atom is -0.339 e. The zero-order valence-electron chi connectivity index (χ0n) is 12.5. The Kier molecular flexibility index (Phi) is 4.44. The first-order chi connectivity index (χ1) is 10.3. The average Bonchev–Trinajstić information content (AvgIpc) is 3.16. The molecule has 2 saturated heterocycles. The van der Waals surface area contributed by atoms with E-state index in [0.29, 0.717) is 5.41 Å². The van der Waals surface area contributed by atoms with Crippen molar-refractivity contribution >= 4 is 39.7 Å². The number of amides is 1. The molecule has 3 heterocycles. The highest BCUT2D eigenvalue weighted by atomic mass is 35.5. The lowest BCUT2D eigenvalue weighted by molar-refractivity contribution is 0.0608. The summed E-state index contributed by atoms with van der Waals surface area (Å²) >= 11 is 1.72. The predicted molar refractivity (Wildman–Crippen MR) is 94.1 cm³/mol. The van der Waals surface area contributed by atoms with E-state index in [0.717, 1.165) is 44.6 Å². The molecular formula is C17H21ClN2OS. The van der Waals surface area contributed by atoms with Crippen LogP contribution in [0.2, 0.25) is 0 Å². The van der Waals surface area contributed by atoms with Gasteiger partial charge in [0.2, 0.25) is 0 Å². The van der Waals surface area contributed by atoms with Gasteiger partial charge in [-0.1, -0.05) is 0 Å². The van der Waals surface area contributed by atoms with Crippen LogP contribution in [0, 0.1) is 5.41 Å². The molecule has 1 spiro atoms. The smallest absolute Gasteiger partial charge is 0.253 e. The Labute approximate surface area is 141 Å². The van der Waals surface area contributed by atoms with Crippen LogP contribution in [0.3, 0.4) is 0 Å². The van der Waals surface area contributed by atoms with Crippen molar-refractivity contribution in [2.45, 2.75) is 19.3 Å². The van der Waals surface area contributed by atoms with Crippen molar-refractivity contribution in [2.75, 3.05) is 26.2 Å². The highest BCUT2D eigenvalue weighted by Crippen LogP contribution is 2.37. The molecule has 0 aliphatic carbocycles. The van der Waals surface area contributed by atoms with Crippen LogP contribution in [0.15, 0.2) is 29.6 Å². The highest BCUT2D eigenvalue weighted by molar-refractivity contribution is 7.17. The average molecular weight is 337 g/mol. The van der Waals surface area contributed by atoms with Crippen LogP contribution in [0.4, 0.5) is 0 Å². The summed E-state index contributed by atoms with van der Waals surface area (Å²) < 4.78 is 1.25. The SMILES string of the molecule is Cl.O=C(c1ccc2sccc2c1)N1CCC2(CCNC2)CC1. The minimum absolute atomic E-state index is 0. The van der Waals surface area contributed by atoms with Crippen LogP contribution >= 0.6 is 23.7 Å². The molecule has 2 aliphatic heterocycles. The van der Waals surface area contributed by atoms with Gasteiger partial charge in [0.1, 0.15) is 0 Å². The number of nitrogens with one attached hydrogen (secondary N) is 1. The van der Waals surface area contributed by atoms with Crippen molar-refractivity contribution in [3.8, 4) is 0 Å². The monoisotopic (exact) mass is 336 g/mol. The molecule has 1 aromatic heterocycles. The maximum absolute atomic E-state index is 12.7. The van der Waals surface area contributed by atoms with Crippen LogP contribution in [0.25, 0.3) is 10.1 Å². The zero-order chi connectivity index (χ0) is 14.3. The van der Waals surface area contributed by atoms with E-state index in [1.807, 2.05) is 17.0 Å². The van der Waals surface area contributed by atoms with Crippen molar-refractivity contribution in [3.63, 3.8) is 0 Å². The number of piperidine rings is 1. The number of fused-ring (bicyclic) bond motifs is 1. The molecule has 0 saturated carbocycles. The van der Waals surface area contributed by atoms with Gasteiger partial charge in [-0.05, 0) is 66.3 Å². The van der Waals surface area contributed by atoms with Crippen LogP contribution in [-0.2, 0) is 0 Å². The molecule has 5 heteroatoms. The summed E-state index contributed by atoms with van der Waals surface area (Å²) in [5, 5.41) is 6.73. The number of rotatable bonds is 1. The second-order valence-corrected chi connectivity index (χ2v) is 7.34. The molecule has 1 aromatic carbocycles. The third-order valence-corrected chi connectivity index (χ3v) is 6.04. The van der Waals surface area contributed by atoms with E-state index in [1.54, 1.807) is 11.3 Å². The molecule has 3 nitrogen and oxygen atoms in total. The minimum atomic E-state index is 0. The number of thiophene rings is 1. The van der Waals surface area contributed by atoms with E-state index < -0.39 is 0 Å². The van der Waals surface area contributed by atoms with E-state index in [9.17, 15) is 4.79 Å². The summed E-state index contributed by atoms with van der Waals surface area (Å²) in [6.07, 6.45) is 3.56. The Balaban J connectivity index is 0.00000144. The standard InChI is InChI=1S/C17H20N2OS.ClH/c20-16(14-1-2-15-13(11-14)3-10-21-15)19-8-5-17(6-9-19)4-7-18-12-17;/h1-3,10-11,18H,4-9,12H2;1H. The molecule has 118 valence electrons. The van der Waals surface area contributed by atoms with Gasteiger partial charge < -0.3 is 10.2 Å². The summed E-state index contributed by atoms with van der Waals surface area (Å²) in [6, 6.07) is 8.17. The summed E-state index contributed by atoms with van der Waals surface area (Å²) in [6.45, 7) is 4.09. The fourth-order valence-electron chi connectivity index (χ4n) is 3.69. The van der Waals surface area contributed by atoms with Crippen LogP contribution in [0.5, 0.6) is 0 Å². The van der Waals surface area contributed by atoms with E-state index in [4.69, 9.17) is 0 Å². The molecule has 2 aromatic rings. The number of carbonyl (C=O) groups is 1. The first-order valence-corrected chi connectivity index (χ1v) is 8.61. The van der Waals surface area contributed by atoms with Crippen LogP contribution in [-0.4, -0.2) is 37.0 Å². The second kappa shape index (κ2) is 6.19. The van der Waals surface area contributed by atoms with E-state index in [1.165, 1.54) is 16.5 Å². The molecule has 0 atom stereocenters. The van der Waals surface area contributed by atoms with Crippen molar-refractivity contribution in [3.05, 3.63) is 35.2 Å². The number of likely N-dealkylation sites (tertiary alicyclic amines) is 1. The number of carbonyl (C=O) groups excluding carboxylic acids is 1. The van der Waals surface area contributed by atoms with Crippen molar-refractivity contribution in [1.29, 1.82) is 0 Å². The van der Waals surface area contributed by atoms with Gasteiger partial charge in [-0.25, -0.2) is 0 Å². The molecule has 1 amide bonds. The summed E-state index contributed by atoms with van der Waals surface area (Å²) in [5.74, 6) is 0.198. The van der Waals surface area contributed by atoms with Gasteiger partial charge in [0.15, 0.2) is 0 Å². The highest BCUT2D eigenvalue weighted by Gasteiger charge is 2.38. The van der Waals surface area contributed by atoms with Gasteiger partial charge in [0.05, 0.1) is 0 Å². The Morgan fingerprint density at radius 2 is 2.00 bits per heavy atom. The topological polar surface area (TPSA) is 32.3 Å². The van der Waals surface area contributed by atoms with E-state index >= 15 is 0 Å². The van der Waals surface area contributed by atoms with E-state index in [-0.39, 0.29) is 18.3 Å². The molecular weight excluding hydrogens is 316 g/mol. The quantitative estimate of drug-likeness (QED) is 0.864. The predicted octanol–water partition coefficient (Wildman–Crippen LogP) is 3.54. The van der Waals surface area contributed by atoms with Gasteiger partial charge in [-0.15, -0.1) is 23.7 Å². The van der Waals surface area contributed by atoms with Gasteiger partial charge in [-0.2, -0.15) is 0 Å². The Morgan fingerprint density at radius 3 is 2.73 bits per heavy atom. The molecule has 2 aliphatic rings. The Hall–Kier alpha value is -1.10. The lowest BCUT2D eigenvalue weighted by atomic mass is 9.78. The molecule has 22 heavy (non-hydrogen) atoms. The molecule has 1 N–H and O–H groups in total. The van der Waals surface area contributed by atoms with Gasteiger partial charge in [0.25, 0.3) is 5.91 Å². The third-order valence-electron chi connectivity index (χ3n) is 5.14. The molecule has 0 radical (unpaired) electrons. The Morgan fingerprint density at radius 1 is 1.18 bits per heavy atom. The normalized spacial score (nSPS) is 20.3. The lowest BCUT2D eigenvalue weighted by Gasteiger charge is -2.38. The number of nitrogens with zero attached hydrogens (tertiary/aromatic N) is 1. The molecule has 2 fully saturated rings. The fraction of sp³-hybridized carbons (Fsp3) is 0.471. The van der Waals surface area contributed by atoms with Crippen molar-refractivity contribution < 1.29 is 4.79 Å². The lowest BCUT2D eigenvalue weighted by Crippen LogP contribution is -2.44. The summed E-state index contributed by atoms with van der Waals surface area (Å²) in [7, 11) is 0. The number of hydrogen-bond acceptors (Lipinski definition) is 3.